The number of pyridine rings is 1. The van der Waals surface area contributed by atoms with Crippen molar-refractivity contribution in [1.29, 1.82) is 0 Å². The van der Waals surface area contributed by atoms with Crippen LogP contribution in [0.2, 0.25) is 0 Å². The lowest BCUT2D eigenvalue weighted by Crippen LogP contribution is -2.21. The van der Waals surface area contributed by atoms with Gasteiger partial charge in [0.15, 0.2) is 6.61 Å². The van der Waals surface area contributed by atoms with Crippen LogP contribution in [-0.4, -0.2) is 29.8 Å². The van der Waals surface area contributed by atoms with Crippen molar-refractivity contribution < 1.29 is 19.1 Å². The third-order valence-electron chi connectivity index (χ3n) is 2.77. The fourth-order valence-electron chi connectivity index (χ4n) is 1.70. The zero-order valence-electron chi connectivity index (χ0n) is 11.9. The molecule has 22 heavy (non-hydrogen) atoms. The molecule has 0 spiro atoms. The third-order valence-corrected chi connectivity index (χ3v) is 2.77. The molecule has 0 atom stereocenters. The average Bonchev–Trinajstić information content (AvgIpc) is 2.52. The maximum absolute atomic E-state index is 11.7. The molecule has 2 aromatic rings. The van der Waals surface area contributed by atoms with Crippen molar-refractivity contribution >= 4 is 24.0 Å². The van der Waals surface area contributed by atoms with Crippen LogP contribution < -0.4 is 5.32 Å². The van der Waals surface area contributed by atoms with Crippen LogP contribution in [-0.2, 0) is 9.53 Å². The van der Waals surface area contributed by atoms with Crippen molar-refractivity contribution in [2.75, 3.05) is 11.9 Å². The first-order chi connectivity index (χ1) is 10.6. The van der Waals surface area contributed by atoms with Gasteiger partial charge in [-0.2, -0.15) is 0 Å². The maximum atomic E-state index is 11.7. The number of hydrogen-bond donors (Lipinski definition) is 1. The summed E-state index contributed by atoms with van der Waals surface area (Å²) in [7, 11) is 0. The Bertz CT molecular complexity index is 696. The smallest absolute Gasteiger partial charge is 0.338 e. The van der Waals surface area contributed by atoms with E-state index < -0.39 is 18.5 Å². The quantitative estimate of drug-likeness (QED) is 0.674. The van der Waals surface area contributed by atoms with Gasteiger partial charge in [-0.05, 0) is 31.2 Å². The molecule has 0 unspecified atom stereocenters. The van der Waals surface area contributed by atoms with Crippen molar-refractivity contribution in [1.82, 2.24) is 4.98 Å². The lowest BCUT2D eigenvalue weighted by Gasteiger charge is -2.06. The second-order valence-corrected chi connectivity index (χ2v) is 4.53. The highest BCUT2D eigenvalue weighted by Gasteiger charge is 2.10. The summed E-state index contributed by atoms with van der Waals surface area (Å²) >= 11 is 0. The van der Waals surface area contributed by atoms with Gasteiger partial charge in [0, 0.05) is 11.3 Å². The average molecular weight is 298 g/mol. The van der Waals surface area contributed by atoms with Crippen LogP contribution in [0, 0.1) is 6.92 Å². The number of rotatable bonds is 5. The Labute approximate surface area is 127 Å². The molecule has 0 fully saturated rings. The van der Waals surface area contributed by atoms with Crippen LogP contribution in [0.4, 0.5) is 5.82 Å². The molecule has 6 heteroatoms. The van der Waals surface area contributed by atoms with Crippen molar-refractivity contribution in [3.8, 4) is 0 Å². The second kappa shape index (κ2) is 7.12. The number of benzene rings is 1. The predicted octanol–water partition coefficient (Wildman–Crippen LogP) is 2.00. The molecule has 0 aliphatic carbocycles. The van der Waals surface area contributed by atoms with E-state index in [0.717, 1.165) is 5.69 Å². The number of nitrogens with zero attached hydrogens (tertiary/aromatic N) is 1. The van der Waals surface area contributed by atoms with Crippen LogP contribution >= 0.6 is 0 Å². The van der Waals surface area contributed by atoms with Gasteiger partial charge in [0.25, 0.3) is 5.91 Å². The first-order valence-corrected chi connectivity index (χ1v) is 6.54. The number of esters is 1. The van der Waals surface area contributed by atoms with Crippen LogP contribution in [0.5, 0.6) is 0 Å². The molecule has 0 radical (unpaired) electrons. The van der Waals surface area contributed by atoms with Crippen molar-refractivity contribution in [2.24, 2.45) is 0 Å². The zero-order valence-corrected chi connectivity index (χ0v) is 11.9. The van der Waals surface area contributed by atoms with E-state index in [2.05, 4.69) is 10.3 Å². The third kappa shape index (κ3) is 4.24. The molecule has 0 saturated carbocycles. The molecule has 0 aliphatic rings. The Kier molecular flexibility index (Phi) is 4.98. The van der Waals surface area contributed by atoms with Crippen LogP contribution in [0.15, 0.2) is 42.5 Å². The van der Waals surface area contributed by atoms with Gasteiger partial charge in [0.05, 0.1) is 5.56 Å². The number of carbonyl (C=O) groups excluding carboxylic acids is 3. The second-order valence-electron chi connectivity index (χ2n) is 4.53. The van der Waals surface area contributed by atoms with E-state index in [9.17, 15) is 14.4 Å². The van der Waals surface area contributed by atoms with E-state index in [-0.39, 0.29) is 5.56 Å². The van der Waals surface area contributed by atoms with Crippen molar-refractivity contribution in [3.05, 3.63) is 59.3 Å². The minimum atomic E-state index is -0.634. The van der Waals surface area contributed by atoms with Gasteiger partial charge in [-0.25, -0.2) is 9.78 Å². The Morgan fingerprint density at radius 3 is 2.55 bits per heavy atom. The number of aldehydes is 1. The molecule has 0 saturated heterocycles. The standard InChI is InChI=1S/C16H14N2O4/c1-11-3-2-4-14(17-11)18-15(20)10-22-16(21)13-7-5-12(9-19)6-8-13/h2-9H,10H2,1H3,(H,17,18,20). The van der Waals surface area contributed by atoms with Crippen molar-refractivity contribution in [3.63, 3.8) is 0 Å². The number of hydrogen-bond acceptors (Lipinski definition) is 5. The van der Waals surface area contributed by atoms with E-state index in [0.29, 0.717) is 17.7 Å². The van der Waals surface area contributed by atoms with E-state index in [1.165, 1.54) is 24.3 Å². The molecule has 112 valence electrons. The molecule has 2 rings (SSSR count). The molecule has 0 aliphatic heterocycles. The summed E-state index contributed by atoms with van der Waals surface area (Å²) in [4.78, 5) is 38.1. The first-order valence-electron chi connectivity index (χ1n) is 6.54. The summed E-state index contributed by atoms with van der Waals surface area (Å²) in [6, 6.07) is 11.1. The topological polar surface area (TPSA) is 85.4 Å². The van der Waals surface area contributed by atoms with Crippen LogP contribution in [0.25, 0.3) is 0 Å². The van der Waals surface area contributed by atoms with Gasteiger partial charge < -0.3 is 10.1 Å². The molecule has 1 N–H and O–H groups in total. The summed E-state index contributed by atoms with van der Waals surface area (Å²) in [5, 5.41) is 2.53. The lowest BCUT2D eigenvalue weighted by molar-refractivity contribution is -0.119. The molecule has 6 nitrogen and oxygen atoms in total. The highest BCUT2D eigenvalue weighted by molar-refractivity contribution is 5.95. The molecular formula is C16H14N2O4. The molecule has 1 amide bonds. The number of amides is 1. The van der Waals surface area contributed by atoms with E-state index in [4.69, 9.17) is 4.74 Å². The minimum Gasteiger partial charge on any atom is -0.452 e. The molecule has 1 aromatic heterocycles. The Morgan fingerprint density at radius 2 is 1.91 bits per heavy atom. The maximum Gasteiger partial charge on any atom is 0.338 e. The number of ether oxygens (including phenoxy) is 1. The normalized spacial score (nSPS) is 9.86. The predicted molar refractivity (Wildman–Crippen MR) is 79.7 cm³/mol. The summed E-state index contributed by atoms with van der Waals surface area (Å²) in [6.07, 6.45) is 0.678. The van der Waals surface area contributed by atoms with E-state index >= 15 is 0 Å². The van der Waals surface area contributed by atoms with E-state index in [1.807, 2.05) is 0 Å². The number of aromatic nitrogens is 1. The molecule has 1 aromatic carbocycles. The van der Waals surface area contributed by atoms with E-state index in [1.54, 1.807) is 25.1 Å². The van der Waals surface area contributed by atoms with Gasteiger partial charge in [-0.15, -0.1) is 0 Å². The minimum absolute atomic E-state index is 0.270. The van der Waals surface area contributed by atoms with Crippen LogP contribution in [0.3, 0.4) is 0 Å². The molecular weight excluding hydrogens is 284 g/mol. The highest BCUT2D eigenvalue weighted by atomic mass is 16.5. The Morgan fingerprint density at radius 1 is 1.18 bits per heavy atom. The largest absolute Gasteiger partial charge is 0.452 e. The van der Waals surface area contributed by atoms with Gasteiger partial charge in [-0.1, -0.05) is 18.2 Å². The van der Waals surface area contributed by atoms with Crippen LogP contribution in [0.1, 0.15) is 26.4 Å². The van der Waals surface area contributed by atoms with Crippen molar-refractivity contribution in [2.45, 2.75) is 6.92 Å². The fraction of sp³-hybridized carbons (Fsp3) is 0.125. The Balaban J connectivity index is 1.87. The summed E-state index contributed by atoms with van der Waals surface area (Å²) < 4.78 is 4.90. The fourth-order valence-corrected chi connectivity index (χ4v) is 1.70. The number of anilines is 1. The highest BCUT2D eigenvalue weighted by Crippen LogP contribution is 2.06. The SMILES string of the molecule is Cc1cccc(NC(=O)COC(=O)c2ccc(C=O)cc2)n1. The number of carbonyl (C=O) groups is 3. The van der Waals surface area contributed by atoms with Gasteiger partial charge in [-0.3, -0.25) is 9.59 Å². The van der Waals surface area contributed by atoms with Gasteiger partial charge >= 0.3 is 5.97 Å². The lowest BCUT2D eigenvalue weighted by atomic mass is 10.1. The summed E-state index contributed by atoms with van der Waals surface area (Å²) in [5.74, 6) is -0.711. The first kappa shape index (κ1) is 15.4. The molecule has 1 heterocycles. The monoisotopic (exact) mass is 298 g/mol. The zero-order chi connectivity index (χ0) is 15.9. The molecule has 0 bridgehead atoms. The number of nitrogens with one attached hydrogen (secondary N) is 1. The summed E-state index contributed by atoms with van der Waals surface area (Å²) in [6.45, 7) is 1.39. The summed E-state index contributed by atoms with van der Waals surface area (Å²) in [5.41, 5.74) is 1.50. The van der Waals surface area contributed by atoms with Gasteiger partial charge in [0.1, 0.15) is 12.1 Å². The van der Waals surface area contributed by atoms with Gasteiger partial charge in [0.2, 0.25) is 0 Å². The Hall–Kier alpha value is -3.02. The number of aryl methyl sites for hydroxylation is 1.